The van der Waals surface area contributed by atoms with Crippen LogP contribution in [-0.2, 0) is 11.2 Å². The van der Waals surface area contributed by atoms with Gasteiger partial charge < -0.3 is 14.8 Å². The lowest BCUT2D eigenvalue weighted by molar-refractivity contribution is -0.275. The zero-order valence-corrected chi connectivity index (χ0v) is 8.59. The third kappa shape index (κ3) is 3.51. The van der Waals surface area contributed by atoms with Crippen molar-refractivity contribution in [2.24, 2.45) is 0 Å². The fourth-order valence-corrected chi connectivity index (χ4v) is 1.18. The molecular weight excluding hydrogens is 243 g/mol. The molecule has 0 aliphatic carbocycles. The Kier molecular flexibility index (Phi) is 3.45. The van der Waals surface area contributed by atoms with E-state index in [1.165, 1.54) is 6.92 Å². The number of carboxylic acids is 1. The molecule has 1 rings (SSSR count). The number of hydrogen-bond acceptors (Lipinski definition) is 3. The summed E-state index contributed by atoms with van der Waals surface area (Å²) in [6, 6.07) is 0. The van der Waals surface area contributed by atoms with E-state index in [0.29, 0.717) is 0 Å². The summed E-state index contributed by atoms with van der Waals surface area (Å²) >= 11 is 0. The zero-order valence-electron chi connectivity index (χ0n) is 8.59. The number of H-pyrrole nitrogens is 1. The minimum Gasteiger partial charge on any atom is -0.481 e. The highest BCUT2D eigenvalue weighted by atomic mass is 19.4. The van der Waals surface area contributed by atoms with Gasteiger partial charge in [-0.25, -0.2) is 0 Å². The number of aromatic nitrogens is 1. The zero-order chi connectivity index (χ0) is 13.2. The standard InChI is InChI=1S/C9H8F3NO4/c1-4-8(17-9(10,11)12)7(16)5(3-13-4)2-6(14)15/h3H,2H2,1H3,(H,13,16)(H,14,15). The third-order valence-corrected chi connectivity index (χ3v) is 1.86. The Balaban J connectivity index is 3.20. The van der Waals surface area contributed by atoms with Crippen molar-refractivity contribution in [1.82, 2.24) is 4.98 Å². The number of rotatable bonds is 3. The molecule has 0 atom stereocenters. The van der Waals surface area contributed by atoms with Gasteiger partial charge in [0.25, 0.3) is 0 Å². The van der Waals surface area contributed by atoms with Crippen molar-refractivity contribution in [2.45, 2.75) is 19.7 Å². The van der Waals surface area contributed by atoms with Gasteiger partial charge in [-0.2, -0.15) is 0 Å². The molecule has 17 heavy (non-hydrogen) atoms. The molecule has 0 radical (unpaired) electrons. The van der Waals surface area contributed by atoms with E-state index in [1.807, 2.05) is 0 Å². The predicted molar refractivity (Wildman–Crippen MR) is 49.8 cm³/mol. The second-order valence-electron chi connectivity index (χ2n) is 3.22. The number of alkyl halides is 3. The van der Waals surface area contributed by atoms with Gasteiger partial charge in [-0.05, 0) is 6.92 Å². The highest BCUT2D eigenvalue weighted by Crippen LogP contribution is 2.21. The maximum Gasteiger partial charge on any atom is 0.573 e. The largest absolute Gasteiger partial charge is 0.573 e. The first-order valence-corrected chi connectivity index (χ1v) is 4.39. The minimum atomic E-state index is -5.00. The summed E-state index contributed by atoms with van der Waals surface area (Å²) in [4.78, 5) is 24.2. The Labute approximate surface area is 92.8 Å². The first-order valence-electron chi connectivity index (χ1n) is 4.39. The van der Waals surface area contributed by atoms with Crippen molar-refractivity contribution in [2.75, 3.05) is 0 Å². The topological polar surface area (TPSA) is 79.4 Å². The smallest absolute Gasteiger partial charge is 0.481 e. The van der Waals surface area contributed by atoms with Crippen LogP contribution in [-0.4, -0.2) is 22.4 Å². The first kappa shape index (κ1) is 13.1. The molecule has 5 nitrogen and oxygen atoms in total. The number of halogens is 3. The number of hydrogen-bond donors (Lipinski definition) is 2. The number of aromatic amines is 1. The Bertz CT molecular complexity index is 492. The molecular formula is C9H8F3NO4. The molecule has 0 fully saturated rings. The molecule has 0 spiro atoms. The summed E-state index contributed by atoms with van der Waals surface area (Å²) in [5.74, 6) is -2.26. The van der Waals surface area contributed by atoms with E-state index in [2.05, 4.69) is 9.72 Å². The molecule has 1 heterocycles. The number of carboxylic acid groups (broad SMARTS) is 1. The maximum atomic E-state index is 12.0. The molecule has 0 aliphatic rings. The van der Waals surface area contributed by atoms with E-state index in [1.54, 1.807) is 0 Å². The molecule has 0 aliphatic heterocycles. The monoisotopic (exact) mass is 251 g/mol. The molecule has 1 aromatic rings. The van der Waals surface area contributed by atoms with Gasteiger partial charge in [0.05, 0.1) is 12.1 Å². The lowest BCUT2D eigenvalue weighted by Gasteiger charge is -2.11. The van der Waals surface area contributed by atoms with Gasteiger partial charge in [0, 0.05) is 11.8 Å². The fraction of sp³-hybridized carbons (Fsp3) is 0.333. The summed E-state index contributed by atoms with van der Waals surface area (Å²) in [6.45, 7) is 1.22. The van der Waals surface area contributed by atoms with Gasteiger partial charge >= 0.3 is 12.3 Å². The molecule has 8 heteroatoms. The maximum absolute atomic E-state index is 12.0. The van der Waals surface area contributed by atoms with E-state index in [4.69, 9.17) is 5.11 Å². The van der Waals surface area contributed by atoms with Crippen LogP contribution in [0.4, 0.5) is 13.2 Å². The predicted octanol–water partition coefficient (Wildman–Crippen LogP) is 1.21. The lowest BCUT2D eigenvalue weighted by atomic mass is 10.2. The average molecular weight is 251 g/mol. The van der Waals surface area contributed by atoms with Gasteiger partial charge in [0.1, 0.15) is 0 Å². The average Bonchev–Trinajstić information content (AvgIpc) is 2.15. The lowest BCUT2D eigenvalue weighted by Crippen LogP contribution is -2.25. The normalized spacial score (nSPS) is 11.3. The summed E-state index contributed by atoms with van der Waals surface area (Å²) < 4.78 is 39.6. The van der Waals surface area contributed by atoms with Crippen molar-refractivity contribution in [3.63, 3.8) is 0 Å². The van der Waals surface area contributed by atoms with Gasteiger partial charge in [0.15, 0.2) is 5.75 Å². The number of ether oxygens (including phenoxy) is 1. The summed E-state index contributed by atoms with van der Waals surface area (Å²) in [5, 5.41) is 8.47. The molecule has 0 aromatic carbocycles. The minimum absolute atomic E-state index is 0.124. The summed E-state index contributed by atoms with van der Waals surface area (Å²) in [5.41, 5.74) is -1.51. The van der Waals surface area contributed by atoms with E-state index in [9.17, 15) is 22.8 Å². The van der Waals surface area contributed by atoms with E-state index in [-0.39, 0.29) is 11.3 Å². The van der Waals surface area contributed by atoms with Gasteiger partial charge in [0.2, 0.25) is 5.43 Å². The quantitative estimate of drug-likeness (QED) is 0.846. The second kappa shape index (κ2) is 4.48. The van der Waals surface area contributed by atoms with Crippen LogP contribution in [0.2, 0.25) is 0 Å². The van der Waals surface area contributed by atoms with Crippen LogP contribution in [0.15, 0.2) is 11.0 Å². The molecule has 0 saturated heterocycles. The Morgan fingerprint density at radius 1 is 1.53 bits per heavy atom. The van der Waals surface area contributed by atoms with Crippen molar-refractivity contribution in [3.05, 3.63) is 27.7 Å². The number of pyridine rings is 1. The van der Waals surface area contributed by atoms with Crippen LogP contribution in [0.3, 0.4) is 0 Å². The molecule has 0 saturated carbocycles. The SMILES string of the molecule is Cc1[nH]cc(CC(=O)O)c(=O)c1OC(F)(F)F. The number of aliphatic carboxylic acids is 1. The Morgan fingerprint density at radius 3 is 2.59 bits per heavy atom. The fourth-order valence-electron chi connectivity index (χ4n) is 1.18. The van der Waals surface area contributed by atoms with Crippen LogP contribution >= 0.6 is 0 Å². The molecule has 2 N–H and O–H groups in total. The van der Waals surface area contributed by atoms with Crippen LogP contribution in [0.1, 0.15) is 11.3 Å². The van der Waals surface area contributed by atoms with Crippen LogP contribution in [0.5, 0.6) is 5.75 Å². The molecule has 0 amide bonds. The van der Waals surface area contributed by atoms with Crippen molar-refractivity contribution in [3.8, 4) is 5.75 Å². The Hall–Kier alpha value is -1.99. The van der Waals surface area contributed by atoms with Crippen molar-refractivity contribution in [1.29, 1.82) is 0 Å². The van der Waals surface area contributed by atoms with Crippen molar-refractivity contribution >= 4 is 5.97 Å². The number of nitrogens with one attached hydrogen (secondary N) is 1. The third-order valence-electron chi connectivity index (χ3n) is 1.86. The Morgan fingerprint density at radius 2 is 2.12 bits per heavy atom. The van der Waals surface area contributed by atoms with E-state index in [0.717, 1.165) is 6.20 Å². The van der Waals surface area contributed by atoms with Crippen LogP contribution in [0, 0.1) is 6.92 Å². The summed E-state index contributed by atoms with van der Waals surface area (Å²) in [6.07, 6.45) is -4.63. The van der Waals surface area contributed by atoms with Crippen LogP contribution in [0.25, 0.3) is 0 Å². The highest BCUT2D eigenvalue weighted by Gasteiger charge is 2.33. The number of aryl methyl sites for hydroxylation is 1. The highest BCUT2D eigenvalue weighted by molar-refractivity contribution is 5.70. The van der Waals surface area contributed by atoms with Gasteiger partial charge in [-0.1, -0.05) is 0 Å². The van der Waals surface area contributed by atoms with E-state index < -0.39 is 29.9 Å². The van der Waals surface area contributed by atoms with Crippen LogP contribution < -0.4 is 10.2 Å². The number of carbonyl (C=O) groups is 1. The van der Waals surface area contributed by atoms with Gasteiger partial charge in [-0.3, -0.25) is 9.59 Å². The van der Waals surface area contributed by atoms with Gasteiger partial charge in [-0.15, -0.1) is 13.2 Å². The first-order chi connectivity index (χ1) is 7.70. The summed E-state index contributed by atoms with van der Waals surface area (Å²) in [7, 11) is 0. The van der Waals surface area contributed by atoms with Crippen molar-refractivity contribution < 1.29 is 27.8 Å². The molecule has 1 aromatic heterocycles. The second-order valence-corrected chi connectivity index (χ2v) is 3.22. The molecule has 94 valence electrons. The molecule has 0 unspecified atom stereocenters. The van der Waals surface area contributed by atoms with E-state index >= 15 is 0 Å². The molecule has 0 bridgehead atoms.